The summed E-state index contributed by atoms with van der Waals surface area (Å²) in [7, 11) is 0. The van der Waals surface area contributed by atoms with Gasteiger partial charge in [-0.3, -0.25) is 0 Å². The average molecular weight is 650 g/mol. The van der Waals surface area contributed by atoms with Gasteiger partial charge in [-0.2, -0.15) is 0 Å². The van der Waals surface area contributed by atoms with E-state index in [2.05, 4.69) is 97.1 Å². The van der Waals surface area contributed by atoms with Gasteiger partial charge in [-0.15, -0.1) is 0 Å². The predicted molar refractivity (Wildman–Crippen MR) is 175 cm³/mol. The minimum absolute atomic E-state index is 0.465. The van der Waals surface area contributed by atoms with Gasteiger partial charge in [-0.1, -0.05) is 12.1 Å². The van der Waals surface area contributed by atoms with Crippen molar-refractivity contribution in [3.8, 4) is 33.6 Å². The fourth-order valence-corrected chi connectivity index (χ4v) is 9.67. The molecule has 0 aliphatic heterocycles. The van der Waals surface area contributed by atoms with Gasteiger partial charge in [0, 0.05) is 0 Å². The molecule has 0 saturated carbocycles. The Kier molecular flexibility index (Phi) is 5.35. The zero-order valence-electron chi connectivity index (χ0n) is 22.4. The van der Waals surface area contributed by atoms with Crippen LogP contribution in [0.4, 0.5) is 0 Å². The van der Waals surface area contributed by atoms with Gasteiger partial charge in [0.2, 0.25) is 0 Å². The van der Waals surface area contributed by atoms with Crippen LogP contribution in [0, 0.1) is 0 Å². The van der Waals surface area contributed by atoms with E-state index in [1.807, 2.05) is 36.4 Å². The van der Waals surface area contributed by atoms with Crippen LogP contribution in [-0.2, 0) is 0 Å². The first-order valence-corrected chi connectivity index (χ1v) is 16.3. The third kappa shape index (κ3) is 3.66. The normalized spacial score (nSPS) is 11.8. The molecule has 3 aromatic heterocycles. The molecule has 6 aromatic carbocycles. The Morgan fingerprint density at radius 3 is 2.00 bits per heavy atom. The summed E-state index contributed by atoms with van der Waals surface area (Å²) >= 11 is -0.465. The number of rotatable bonds is 3. The second-order valence-corrected chi connectivity index (χ2v) is 13.6. The number of benzene rings is 6. The van der Waals surface area contributed by atoms with Crippen molar-refractivity contribution in [1.82, 2.24) is 9.97 Å². The molecule has 42 heavy (non-hydrogen) atoms. The average Bonchev–Trinajstić information content (AvgIpc) is 3.63. The summed E-state index contributed by atoms with van der Waals surface area (Å²) < 4.78 is 9.48. The van der Waals surface area contributed by atoms with Crippen LogP contribution in [0.5, 0.6) is 0 Å². The molecule has 0 aliphatic rings. The van der Waals surface area contributed by atoms with Crippen LogP contribution in [0.2, 0.25) is 0 Å². The van der Waals surface area contributed by atoms with Crippen molar-refractivity contribution in [3.05, 3.63) is 133 Å². The summed E-state index contributed by atoms with van der Waals surface area (Å²) in [6, 6.07) is 47.0. The van der Waals surface area contributed by atoms with Crippen molar-refractivity contribution in [3.63, 3.8) is 0 Å². The number of para-hydroxylation sites is 4. The van der Waals surface area contributed by atoms with Crippen LogP contribution < -0.4 is 0 Å². The van der Waals surface area contributed by atoms with Crippen LogP contribution >= 0.6 is 0 Å². The van der Waals surface area contributed by atoms with Gasteiger partial charge >= 0.3 is 240 Å². The van der Waals surface area contributed by atoms with E-state index in [1.165, 1.54) is 28.7 Å². The molecule has 0 unspecified atom stereocenters. The summed E-state index contributed by atoms with van der Waals surface area (Å²) in [5, 5.41) is 4.98. The number of hydrogen-bond acceptors (Lipinski definition) is 3. The fraction of sp³-hybridized carbons (Fsp3) is 0. The van der Waals surface area contributed by atoms with E-state index in [9.17, 15) is 0 Å². The molecule has 0 N–H and O–H groups in total. The Labute approximate surface area is 251 Å². The fourth-order valence-electron chi connectivity index (χ4n) is 6.13. The van der Waals surface area contributed by atoms with Gasteiger partial charge in [0.05, 0.1) is 0 Å². The van der Waals surface area contributed by atoms with Crippen molar-refractivity contribution in [2.45, 2.75) is 0 Å². The third-order valence-corrected chi connectivity index (χ3v) is 11.6. The molecule has 0 fully saturated rings. The Morgan fingerprint density at radius 1 is 0.476 bits per heavy atom. The van der Waals surface area contributed by atoms with Gasteiger partial charge in [-0.05, 0) is 0 Å². The number of fused-ring (bicyclic) bond motifs is 7. The molecule has 0 saturated heterocycles. The van der Waals surface area contributed by atoms with Gasteiger partial charge < -0.3 is 0 Å². The second kappa shape index (κ2) is 9.39. The molecule has 0 radical (unpaired) electrons. The first-order valence-electron chi connectivity index (χ1n) is 14.0. The van der Waals surface area contributed by atoms with Gasteiger partial charge in [0.25, 0.3) is 0 Å². The molecule has 0 amide bonds. The van der Waals surface area contributed by atoms with Crippen molar-refractivity contribution < 1.29 is 4.42 Å². The second-order valence-electron chi connectivity index (χ2n) is 10.6. The van der Waals surface area contributed by atoms with E-state index in [0.29, 0.717) is 0 Å². The zero-order chi connectivity index (χ0) is 27.6. The Hall–Kier alpha value is -4.75. The number of nitrogens with zero attached hydrogens (tertiary/aromatic N) is 2. The van der Waals surface area contributed by atoms with Crippen LogP contribution in [0.1, 0.15) is 0 Å². The quantitative estimate of drug-likeness (QED) is 0.179. The van der Waals surface area contributed by atoms with Gasteiger partial charge in [0.15, 0.2) is 0 Å². The van der Waals surface area contributed by atoms with Crippen molar-refractivity contribution in [1.29, 1.82) is 0 Å². The van der Waals surface area contributed by atoms with Crippen molar-refractivity contribution >= 4 is 71.0 Å². The van der Waals surface area contributed by atoms with Crippen LogP contribution in [0.25, 0.3) is 84.2 Å². The van der Waals surface area contributed by atoms with E-state index in [1.54, 1.807) is 0 Å². The van der Waals surface area contributed by atoms with Gasteiger partial charge in [0.1, 0.15) is 0 Å². The minimum atomic E-state index is -0.465. The molecule has 0 aliphatic carbocycles. The monoisotopic (exact) mass is 652 g/mol. The molecular weight excluding hydrogens is 628 g/mol. The molecule has 9 rings (SSSR count). The van der Waals surface area contributed by atoms with Crippen LogP contribution in [-0.4, -0.2) is 30.4 Å². The third-order valence-electron chi connectivity index (χ3n) is 8.08. The van der Waals surface area contributed by atoms with E-state index in [-0.39, 0.29) is 0 Å². The molecule has 0 bridgehead atoms. The van der Waals surface area contributed by atoms with Crippen LogP contribution in [0.3, 0.4) is 0 Å². The molecule has 0 atom stereocenters. The zero-order valence-corrected chi connectivity index (χ0v) is 24.7. The number of furan rings is 1. The van der Waals surface area contributed by atoms with E-state index < -0.39 is 20.4 Å². The Bertz CT molecular complexity index is 2490. The predicted octanol–water partition coefficient (Wildman–Crippen LogP) is 9.89. The number of aromatic nitrogens is 2. The maximum absolute atomic E-state index is 6.45. The molecule has 0 spiro atoms. The first kappa shape index (κ1) is 23.9. The van der Waals surface area contributed by atoms with Gasteiger partial charge in [-0.25, -0.2) is 0 Å². The van der Waals surface area contributed by atoms with Crippen molar-refractivity contribution in [2.24, 2.45) is 0 Å². The molecule has 4 heteroatoms. The molecular formula is C38H22N2OTe. The SMILES string of the molecule is c1cc(-c2nc3ccccc3nc2-c2cccc3c2oc2ccccc23)cc(-c2cccc3c2[te]c2ccccc23)c1. The Balaban J connectivity index is 1.30. The van der Waals surface area contributed by atoms with Crippen LogP contribution in [0.15, 0.2) is 138 Å². The van der Waals surface area contributed by atoms with E-state index >= 15 is 0 Å². The summed E-state index contributed by atoms with van der Waals surface area (Å²) in [6.45, 7) is 0. The standard InChI is InChI=1S/C38H22N2OTe/c1-5-20-33-26(12-1)28-15-9-17-30(37(28)41-33)36-35(39-31-18-3-4-19-32(31)40-36)24-11-7-10-23(22-24)25-14-8-16-29-27-13-2-6-21-34(27)42-38(25)29/h1-22H. The summed E-state index contributed by atoms with van der Waals surface area (Å²) in [4.78, 5) is 10.4. The molecule has 3 heterocycles. The Morgan fingerprint density at radius 2 is 1.12 bits per heavy atom. The summed E-state index contributed by atoms with van der Waals surface area (Å²) in [5.41, 5.74) is 9.67. The topological polar surface area (TPSA) is 38.9 Å². The van der Waals surface area contributed by atoms with E-state index in [4.69, 9.17) is 14.4 Å². The number of hydrogen-bond donors (Lipinski definition) is 0. The molecule has 9 aromatic rings. The van der Waals surface area contributed by atoms with Crippen molar-refractivity contribution in [2.75, 3.05) is 0 Å². The summed E-state index contributed by atoms with van der Waals surface area (Å²) in [6.07, 6.45) is 0. The summed E-state index contributed by atoms with van der Waals surface area (Å²) in [5.74, 6) is 0. The molecule has 3 nitrogen and oxygen atoms in total. The first-order chi connectivity index (χ1) is 20.8. The van der Waals surface area contributed by atoms with E-state index in [0.717, 1.165) is 55.5 Å². The maximum atomic E-state index is 6.45. The molecule has 196 valence electrons.